The van der Waals surface area contributed by atoms with Crippen molar-refractivity contribution in [2.75, 3.05) is 13.1 Å². The molecule has 2 aromatic carbocycles. The Labute approximate surface area is 145 Å². The number of nitrogens with two attached hydrogens (primary N) is 1. The Morgan fingerprint density at radius 2 is 1.72 bits per heavy atom. The smallest absolute Gasteiger partial charge is 0.226 e. The van der Waals surface area contributed by atoms with E-state index in [4.69, 9.17) is 5.73 Å². The molecule has 1 saturated carbocycles. The highest BCUT2D eigenvalue weighted by atomic mass is 19.2. The fourth-order valence-electron chi connectivity index (χ4n) is 3.88. The van der Waals surface area contributed by atoms with E-state index in [0.29, 0.717) is 25.1 Å². The minimum Gasteiger partial charge on any atom is -0.340 e. The van der Waals surface area contributed by atoms with E-state index >= 15 is 0 Å². The SMILES string of the molecule is N[C@@H]1CN(C(=O)C2CC2c2ccc(F)c(F)c2)C[C@H]1c1ccccc1. The standard InChI is InChI=1S/C20H20F2N2O/c21-17-7-6-13(8-18(17)22)14-9-15(14)20(25)24-10-16(19(23)11-24)12-4-2-1-3-5-12/h1-8,14-16,19H,9-11,23H2/t14?,15?,16-,19+/m0/s1. The van der Waals surface area contributed by atoms with Gasteiger partial charge in [0.25, 0.3) is 0 Å². The lowest BCUT2D eigenvalue weighted by atomic mass is 9.95. The number of hydrogen-bond acceptors (Lipinski definition) is 2. The maximum absolute atomic E-state index is 13.4. The van der Waals surface area contributed by atoms with Crippen LogP contribution < -0.4 is 5.73 Å². The molecule has 1 heterocycles. The van der Waals surface area contributed by atoms with Gasteiger partial charge in [-0.05, 0) is 35.6 Å². The molecule has 2 aliphatic rings. The van der Waals surface area contributed by atoms with Gasteiger partial charge in [0, 0.05) is 31.0 Å². The Hall–Kier alpha value is -2.27. The second-order valence-corrected chi connectivity index (χ2v) is 7.05. The van der Waals surface area contributed by atoms with Gasteiger partial charge in [0.2, 0.25) is 5.91 Å². The van der Waals surface area contributed by atoms with Gasteiger partial charge in [0.1, 0.15) is 0 Å². The second kappa shape index (κ2) is 6.23. The molecule has 5 heteroatoms. The number of carbonyl (C=O) groups excluding carboxylic acids is 1. The van der Waals surface area contributed by atoms with E-state index in [1.807, 2.05) is 35.2 Å². The van der Waals surface area contributed by atoms with Crippen molar-refractivity contribution in [3.63, 3.8) is 0 Å². The van der Waals surface area contributed by atoms with Crippen molar-refractivity contribution in [2.24, 2.45) is 11.7 Å². The number of benzene rings is 2. The van der Waals surface area contributed by atoms with Crippen LogP contribution in [0.1, 0.15) is 29.4 Å². The van der Waals surface area contributed by atoms with Crippen LogP contribution in [0, 0.1) is 17.6 Å². The first-order valence-electron chi connectivity index (χ1n) is 8.59. The van der Waals surface area contributed by atoms with Crippen molar-refractivity contribution in [3.05, 3.63) is 71.3 Å². The highest BCUT2D eigenvalue weighted by Crippen LogP contribution is 2.49. The monoisotopic (exact) mass is 342 g/mol. The minimum absolute atomic E-state index is 0.0189. The number of amides is 1. The fraction of sp³-hybridized carbons (Fsp3) is 0.350. The molecular weight excluding hydrogens is 322 g/mol. The zero-order valence-electron chi connectivity index (χ0n) is 13.7. The number of likely N-dealkylation sites (tertiary alicyclic amines) is 1. The van der Waals surface area contributed by atoms with E-state index in [2.05, 4.69) is 0 Å². The van der Waals surface area contributed by atoms with Crippen LogP contribution in [0.15, 0.2) is 48.5 Å². The van der Waals surface area contributed by atoms with Crippen LogP contribution in [-0.4, -0.2) is 29.9 Å². The Bertz CT molecular complexity index is 796. The largest absolute Gasteiger partial charge is 0.340 e. The third-order valence-electron chi connectivity index (χ3n) is 5.38. The van der Waals surface area contributed by atoms with Gasteiger partial charge >= 0.3 is 0 Å². The summed E-state index contributed by atoms with van der Waals surface area (Å²) in [4.78, 5) is 14.6. The molecule has 1 amide bonds. The van der Waals surface area contributed by atoms with E-state index < -0.39 is 11.6 Å². The lowest BCUT2D eigenvalue weighted by Gasteiger charge is -2.16. The maximum atomic E-state index is 13.4. The van der Waals surface area contributed by atoms with Crippen molar-refractivity contribution in [2.45, 2.75) is 24.3 Å². The van der Waals surface area contributed by atoms with Gasteiger partial charge < -0.3 is 10.6 Å². The third-order valence-corrected chi connectivity index (χ3v) is 5.38. The molecular formula is C20H20F2N2O. The topological polar surface area (TPSA) is 46.3 Å². The van der Waals surface area contributed by atoms with Crippen LogP contribution in [0.3, 0.4) is 0 Å². The third kappa shape index (κ3) is 3.04. The molecule has 2 N–H and O–H groups in total. The van der Waals surface area contributed by atoms with Gasteiger partial charge in [0.15, 0.2) is 11.6 Å². The molecule has 0 aromatic heterocycles. The zero-order chi connectivity index (χ0) is 17.6. The van der Waals surface area contributed by atoms with Gasteiger partial charge in [-0.3, -0.25) is 4.79 Å². The molecule has 4 rings (SSSR count). The molecule has 0 spiro atoms. The quantitative estimate of drug-likeness (QED) is 0.932. The summed E-state index contributed by atoms with van der Waals surface area (Å²) in [5.74, 6) is -1.66. The molecule has 2 fully saturated rings. The average Bonchev–Trinajstić information content (AvgIpc) is 3.32. The van der Waals surface area contributed by atoms with Crippen molar-refractivity contribution in [1.82, 2.24) is 4.90 Å². The minimum atomic E-state index is -0.858. The number of hydrogen-bond donors (Lipinski definition) is 1. The summed E-state index contributed by atoms with van der Waals surface area (Å²) in [5.41, 5.74) is 8.10. The Morgan fingerprint density at radius 3 is 2.44 bits per heavy atom. The molecule has 25 heavy (non-hydrogen) atoms. The van der Waals surface area contributed by atoms with E-state index in [1.165, 1.54) is 6.07 Å². The van der Waals surface area contributed by atoms with Gasteiger partial charge in [-0.2, -0.15) is 0 Å². The fourth-order valence-corrected chi connectivity index (χ4v) is 3.88. The highest BCUT2D eigenvalue weighted by Gasteiger charge is 2.48. The van der Waals surface area contributed by atoms with E-state index in [-0.39, 0.29) is 29.7 Å². The molecule has 1 saturated heterocycles. The number of nitrogens with zero attached hydrogens (tertiary/aromatic N) is 1. The molecule has 4 atom stereocenters. The number of halogens is 2. The van der Waals surface area contributed by atoms with Crippen molar-refractivity contribution >= 4 is 5.91 Å². The summed E-state index contributed by atoms with van der Waals surface area (Å²) < 4.78 is 26.5. The zero-order valence-corrected chi connectivity index (χ0v) is 13.7. The molecule has 130 valence electrons. The first-order chi connectivity index (χ1) is 12.0. The van der Waals surface area contributed by atoms with Crippen molar-refractivity contribution in [3.8, 4) is 0 Å². The van der Waals surface area contributed by atoms with E-state index in [9.17, 15) is 13.6 Å². The summed E-state index contributed by atoms with van der Waals surface area (Å²) >= 11 is 0. The molecule has 3 nitrogen and oxygen atoms in total. The van der Waals surface area contributed by atoms with Gasteiger partial charge in [-0.25, -0.2) is 8.78 Å². The predicted octanol–water partition coefficient (Wildman–Crippen LogP) is 3.02. The van der Waals surface area contributed by atoms with Crippen LogP contribution in [0.2, 0.25) is 0 Å². The summed E-state index contributed by atoms with van der Waals surface area (Å²) in [7, 11) is 0. The maximum Gasteiger partial charge on any atom is 0.226 e. The lowest BCUT2D eigenvalue weighted by molar-refractivity contribution is -0.131. The number of carbonyl (C=O) groups is 1. The summed E-state index contributed by atoms with van der Waals surface area (Å²) in [6.45, 7) is 1.16. The van der Waals surface area contributed by atoms with Crippen LogP contribution in [0.25, 0.3) is 0 Å². The molecule has 0 bridgehead atoms. The van der Waals surface area contributed by atoms with Gasteiger partial charge in [-0.1, -0.05) is 36.4 Å². The normalized spacial score (nSPS) is 28.2. The van der Waals surface area contributed by atoms with Crippen LogP contribution in [-0.2, 0) is 4.79 Å². The number of rotatable bonds is 3. The van der Waals surface area contributed by atoms with Crippen molar-refractivity contribution in [1.29, 1.82) is 0 Å². The first kappa shape index (κ1) is 16.2. The Morgan fingerprint density at radius 1 is 0.960 bits per heavy atom. The predicted molar refractivity (Wildman–Crippen MR) is 90.9 cm³/mol. The molecule has 0 radical (unpaired) electrons. The van der Waals surface area contributed by atoms with Gasteiger partial charge in [0.05, 0.1) is 0 Å². The van der Waals surface area contributed by atoms with Crippen LogP contribution in [0.5, 0.6) is 0 Å². The van der Waals surface area contributed by atoms with E-state index in [1.54, 1.807) is 6.07 Å². The molecule has 2 aromatic rings. The molecule has 1 aliphatic carbocycles. The van der Waals surface area contributed by atoms with E-state index in [0.717, 1.165) is 11.6 Å². The summed E-state index contributed by atoms with van der Waals surface area (Å²) in [6, 6.07) is 13.8. The Kier molecular flexibility index (Phi) is 4.04. The van der Waals surface area contributed by atoms with Crippen molar-refractivity contribution < 1.29 is 13.6 Å². The highest BCUT2D eigenvalue weighted by molar-refractivity contribution is 5.83. The van der Waals surface area contributed by atoms with Gasteiger partial charge in [-0.15, -0.1) is 0 Å². The van der Waals surface area contributed by atoms with Crippen LogP contribution in [0.4, 0.5) is 8.78 Å². The van der Waals surface area contributed by atoms with Crippen LogP contribution >= 0.6 is 0 Å². The second-order valence-electron chi connectivity index (χ2n) is 7.05. The summed E-state index contributed by atoms with van der Waals surface area (Å²) in [6.07, 6.45) is 0.686. The molecule has 1 aliphatic heterocycles. The first-order valence-corrected chi connectivity index (χ1v) is 8.59. The summed E-state index contributed by atoms with van der Waals surface area (Å²) in [5, 5.41) is 0. The molecule has 2 unspecified atom stereocenters. The average molecular weight is 342 g/mol. The Balaban J connectivity index is 1.43. The lowest BCUT2D eigenvalue weighted by Crippen LogP contribution is -2.33.